The predicted octanol–water partition coefficient (Wildman–Crippen LogP) is 3.49. The summed E-state index contributed by atoms with van der Waals surface area (Å²) in [6.07, 6.45) is 0.755. The van der Waals surface area contributed by atoms with E-state index in [0.717, 1.165) is 11.3 Å². The van der Waals surface area contributed by atoms with Gasteiger partial charge in [-0.1, -0.05) is 17.7 Å². The summed E-state index contributed by atoms with van der Waals surface area (Å²) in [6, 6.07) is 11.8. The number of methoxy groups -OCH3 is 1. The maximum Gasteiger partial charge on any atom is 0.240 e. The molecule has 1 amide bonds. The molecule has 0 saturated heterocycles. The van der Waals surface area contributed by atoms with Crippen LogP contribution in [0.2, 0.25) is 0 Å². The highest BCUT2D eigenvalue weighted by Crippen LogP contribution is 2.28. The van der Waals surface area contributed by atoms with Gasteiger partial charge < -0.3 is 14.8 Å². The molecule has 0 spiro atoms. The van der Waals surface area contributed by atoms with Crippen LogP contribution in [0.25, 0.3) is 0 Å². The molecule has 0 atom stereocenters. The second-order valence-electron chi connectivity index (χ2n) is 6.95. The molecule has 0 fully saturated rings. The smallest absolute Gasteiger partial charge is 0.240 e. The molecule has 8 heteroatoms. The monoisotopic (exact) mass is 420 g/mol. The average Bonchev–Trinajstić information content (AvgIpc) is 2.65. The van der Waals surface area contributed by atoms with E-state index in [1.54, 1.807) is 13.8 Å². The van der Waals surface area contributed by atoms with Crippen LogP contribution in [0.15, 0.2) is 47.4 Å². The number of hydrogen-bond acceptors (Lipinski definition) is 5. The van der Waals surface area contributed by atoms with Crippen LogP contribution in [0, 0.1) is 6.92 Å². The Morgan fingerprint density at radius 3 is 2.41 bits per heavy atom. The second-order valence-corrected chi connectivity index (χ2v) is 8.67. The second kappa shape index (κ2) is 10.3. The molecule has 0 saturated carbocycles. The first-order valence-corrected chi connectivity index (χ1v) is 10.9. The molecular formula is C21H28N2O5S. The Bertz CT molecular complexity index is 925. The number of carbonyl (C=O) groups excluding carboxylic acids is 1. The van der Waals surface area contributed by atoms with Gasteiger partial charge in [-0.25, -0.2) is 13.1 Å². The van der Waals surface area contributed by atoms with Crippen molar-refractivity contribution >= 4 is 21.6 Å². The van der Waals surface area contributed by atoms with E-state index in [1.165, 1.54) is 25.3 Å². The van der Waals surface area contributed by atoms with E-state index in [0.29, 0.717) is 24.5 Å². The molecule has 0 bridgehead atoms. The lowest BCUT2D eigenvalue weighted by Crippen LogP contribution is -2.30. The number of aryl methyl sites for hydroxylation is 1. The summed E-state index contributed by atoms with van der Waals surface area (Å²) in [5.41, 5.74) is 1.46. The van der Waals surface area contributed by atoms with Crippen molar-refractivity contribution in [2.24, 2.45) is 0 Å². The molecule has 7 nitrogen and oxygen atoms in total. The topological polar surface area (TPSA) is 93.7 Å². The van der Waals surface area contributed by atoms with Crippen molar-refractivity contribution in [3.63, 3.8) is 0 Å². The summed E-state index contributed by atoms with van der Waals surface area (Å²) in [4.78, 5) is 12.3. The van der Waals surface area contributed by atoms with Crippen LogP contribution in [0.3, 0.4) is 0 Å². The van der Waals surface area contributed by atoms with Gasteiger partial charge in [-0.05, 0) is 57.5 Å². The fourth-order valence-electron chi connectivity index (χ4n) is 2.60. The lowest BCUT2D eigenvalue weighted by atomic mass is 10.2. The molecule has 29 heavy (non-hydrogen) atoms. The number of rotatable bonds is 10. The SMILES string of the molecule is COc1ccc(S(=O)(=O)NC(C)C)cc1NC(=O)CCCOc1ccc(C)cc1. The van der Waals surface area contributed by atoms with Crippen LogP contribution < -0.4 is 19.5 Å². The molecule has 2 aromatic rings. The Morgan fingerprint density at radius 1 is 1.10 bits per heavy atom. The summed E-state index contributed by atoms with van der Waals surface area (Å²) >= 11 is 0. The van der Waals surface area contributed by atoms with E-state index in [1.807, 2.05) is 31.2 Å². The van der Waals surface area contributed by atoms with Crippen molar-refractivity contribution in [1.82, 2.24) is 4.72 Å². The van der Waals surface area contributed by atoms with Gasteiger partial charge in [-0.3, -0.25) is 4.79 Å². The van der Waals surface area contributed by atoms with Gasteiger partial charge in [0, 0.05) is 12.5 Å². The van der Waals surface area contributed by atoms with Gasteiger partial charge in [0.2, 0.25) is 15.9 Å². The van der Waals surface area contributed by atoms with E-state index < -0.39 is 10.0 Å². The molecule has 2 rings (SSSR count). The number of hydrogen-bond donors (Lipinski definition) is 2. The quantitative estimate of drug-likeness (QED) is 0.574. The molecule has 158 valence electrons. The third-order valence-electron chi connectivity index (χ3n) is 3.98. The maximum atomic E-state index is 12.4. The highest BCUT2D eigenvalue weighted by atomic mass is 32.2. The van der Waals surface area contributed by atoms with Gasteiger partial charge in [0.15, 0.2) is 0 Å². The molecular weight excluding hydrogens is 392 g/mol. The van der Waals surface area contributed by atoms with Gasteiger partial charge in [0.05, 0.1) is 24.3 Å². The van der Waals surface area contributed by atoms with Crippen molar-refractivity contribution in [3.8, 4) is 11.5 Å². The molecule has 0 aliphatic heterocycles. The number of ether oxygens (including phenoxy) is 2. The summed E-state index contributed by atoms with van der Waals surface area (Å²) in [7, 11) is -2.22. The minimum absolute atomic E-state index is 0.0602. The molecule has 0 aromatic heterocycles. The van der Waals surface area contributed by atoms with E-state index in [2.05, 4.69) is 10.0 Å². The predicted molar refractivity (Wildman–Crippen MR) is 113 cm³/mol. The van der Waals surface area contributed by atoms with Crippen LogP contribution >= 0.6 is 0 Å². The van der Waals surface area contributed by atoms with Crippen molar-refractivity contribution in [2.45, 2.75) is 44.6 Å². The summed E-state index contributed by atoms with van der Waals surface area (Å²) in [6.45, 7) is 5.88. The third-order valence-corrected chi connectivity index (χ3v) is 5.64. The Balaban J connectivity index is 1.95. The van der Waals surface area contributed by atoms with Crippen molar-refractivity contribution < 1.29 is 22.7 Å². The number of sulfonamides is 1. The van der Waals surface area contributed by atoms with Crippen LogP contribution in [0.1, 0.15) is 32.3 Å². The zero-order valence-electron chi connectivity index (χ0n) is 17.2. The van der Waals surface area contributed by atoms with Crippen molar-refractivity contribution in [1.29, 1.82) is 0 Å². The minimum atomic E-state index is -3.67. The zero-order chi connectivity index (χ0) is 21.4. The Kier molecular flexibility index (Phi) is 8.04. The van der Waals surface area contributed by atoms with Crippen LogP contribution in [-0.4, -0.2) is 34.1 Å². The highest BCUT2D eigenvalue weighted by Gasteiger charge is 2.18. The van der Waals surface area contributed by atoms with Crippen molar-refractivity contribution in [2.75, 3.05) is 19.0 Å². The lowest BCUT2D eigenvalue weighted by molar-refractivity contribution is -0.116. The third kappa shape index (κ3) is 7.07. The van der Waals surface area contributed by atoms with E-state index in [-0.39, 0.29) is 23.3 Å². The minimum Gasteiger partial charge on any atom is -0.495 e. The number of carbonyl (C=O) groups is 1. The number of nitrogens with one attached hydrogen (secondary N) is 2. The van der Waals surface area contributed by atoms with Crippen molar-refractivity contribution in [3.05, 3.63) is 48.0 Å². The first kappa shape index (κ1) is 22.7. The fourth-order valence-corrected chi connectivity index (χ4v) is 3.88. The van der Waals surface area contributed by atoms with Gasteiger partial charge in [-0.2, -0.15) is 0 Å². The number of anilines is 1. The maximum absolute atomic E-state index is 12.4. The van der Waals surface area contributed by atoms with Gasteiger partial charge in [-0.15, -0.1) is 0 Å². The number of benzene rings is 2. The highest BCUT2D eigenvalue weighted by molar-refractivity contribution is 7.89. The average molecular weight is 421 g/mol. The van der Waals surface area contributed by atoms with Crippen LogP contribution in [0.4, 0.5) is 5.69 Å². The molecule has 0 aliphatic carbocycles. The lowest BCUT2D eigenvalue weighted by Gasteiger charge is -2.14. The number of amides is 1. The molecule has 0 unspecified atom stereocenters. The zero-order valence-corrected chi connectivity index (χ0v) is 18.0. The largest absolute Gasteiger partial charge is 0.495 e. The van der Waals surface area contributed by atoms with Gasteiger partial charge in [0.1, 0.15) is 11.5 Å². The standard InChI is InChI=1S/C21H28N2O5S/c1-15(2)23-29(25,26)18-11-12-20(27-4)19(14-18)22-21(24)6-5-13-28-17-9-7-16(3)8-10-17/h7-12,14-15,23H,5-6,13H2,1-4H3,(H,22,24). The summed E-state index contributed by atoms with van der Waals surface area (Å²) in [5.74, 6) is 0.896. The first-order valence-electron chi connectivity index (χ1n) is 9.41. The Morgan fingerprint density at radius 2 is 1.79 bits per heavy atom. The van der Waals surface area contributed by atoms with E-state index >= 15 is 0 Å². The van der Waals surface area contributed by atoms with Gasteiger partial charge >= 0.3 is 0 Å². The molecule has 0 radical (unpaired) electrons. The summed E-state index contributed by atoms with van der Waals surface area (Å²) < 4.78 is 38.1. The van der Waals surface area contributed by atoms with Gasteiger partial charge in [0.25, 0.3) is 0 Å². The molecule has 0 aliphatic rings. The van der Waals surface area contributed by atoms with E-state index in [4.69, 9.17) is 9.47 Å². The Hall–Kier alpha value is -2.58. The summed E-state index contributed by atoms with van der Waals surface area (Å²) in [5, 5.41) is 2.72. The van der Waals surface area contributed by atoms with Crippen LogP contribution in [-0.2, 0) is 14.8 Å². The fraction of sp³-hybridized carbons (Fsp3) is 0.381. The first-order chi connectivity index (χ1) is 13.7. The molecule has 2 aromatic carbocycles. The normalized spacial score (nSPS) is 11.3. The molecule has 2 N–H and O–H groups in total. The van der Waals surface area contributed by atoms with Crippen LogP contribution in [0.5, 0.6) is 11.5 Å². The molecule has 0 heterocycles. The Labute approximate surface area is 172 Å². The van der Waals surface area contributed by atoms with E-state index in [9.17, 15) is 13.2 Å².